The second kappa shape index (κ2) is 11.5. The summed E-state index contributed by atoms with van der Waals surface area (Å²) < 4.78 is 12.4. The van der Waals surface area contributed by atoms with E-state index in [-0.39, 0.29) is 11.4 Å². The molecule has 0 spiro atoms. The van der Waals surface area contributed by atoms with E-state index in [2.05, 4.69) is 0 Å². The molecule has 2 aromatic carbocycles. The SMILES string of the molecule is CC(=O)[O][Hg][c]1cc([N+](=O)[O-])c[c]([Hg][c]2cc([N+](=O)[O-])c[c]([Hg][O]C(C)=O)c2N)c1N. The van der Waals surface area contributed by atoms with Crippen molar-refractivity contribution in [3.8, 4) is 0 Å². The number of nitro groups is 2. The van der Waals surface area contributed by atoms with Crippen LogP contribution in [0.25, 0.3) is 0 Å². The van der Waals surface area contributed by atoms with Crippen LogP contribution < -0.4 is 23.8 Å². The van der Waals surface area contributed by atoms with Crippen molar-refractivity contribution >= 4 is 47.0 Å². The predicted molar refractivity (Wildman–Crippen MR) is 97.1 cm³/mol. The minimum absolute atomic E-state index is 0.171. The summed E-state index contributed by atoms with van der Waals surface area (Å²) in [5, 5.41) is 22.7. The fraction of sp³-hybridized carbons (Fsp3) is 0.125. The number of hydrogen-bond acceptors (Lipinski definition) is 10. The molecule has 2 aromatic rings. The zero-order chi connectivity index (χ0) is 23.3. The number of carbonyl (C=O) groups excluding carboxylic acids is 2. The number of hydrogen-bond donors (Lipinski definition) is 2. The van der Waals surface area contributed by atoms with Crippen LogP contribution in [0.3, 0.4) is 0 Å². The molecule has 15 heteroatoms. The number of anilines is 2. The van der Waals surface area contributed by atoms with E-state index in [1.54, 1.807) is 0 Å². The summed E-state index contributed by atoms with van der Waals surface area (Å²) >= 11 is -7.48. The van der Waals surface area contributed by atoms with E-state index in [9.17, 15) is 29.8 Å². The zero-order valence-corrected chi connectivity index (χ0v) is 33.2. The molecule has 0 amide bonds. The van der Waals surface area contributed by atoms with Crippen LogP contribution in [0.15, 0.2) is 24.3 Å². The Morgan fingerprint density at radius 2 is 1.10 bits per heavy atom. The second-order valence-electron chi connectivity index (χ2n) is 6.61. The van der Waals surface area contributed by atoms with E-state index in [1.807, 2.05) is 0 Å². The van der Waals surface area contributed by atoms with Gasteiger partial charge in [-0.05, 0) is 0 Å². The fourth-order valence-electron chi connectivity index (χ4n) is 2.83. The average molecular weight is 992 g/mol. The van der Waals surface area contributed by atoms with Gasteiger partial charge in [-0.2, -0.15) is 0 Å². The van der Waals surface area contributed by atoms with Crippen LogP contribution in [0.1, 0.15) is 13.8 Å². The Morgan fingerprint density at radius 3 is 1.39 bits per heavy atom. The van der Waals surface area contributed by atoms with E-state index in [4.69, 9.17) is 16.8 Å². The molecule has 0 bridgehead atoms. The van der Waals surface area contributed by atoms with Gasteiger partial charge in [0.1, 0.15) is 0 Å². The summed E-state index contributed by atoms with van der Waals surface area (Å²) in [5.74, 6) is -0.936. The van der Waals surface area contributed by atoms with Crippen molar-refractivity contribution in [3.05, 3.63) is 44.5 Å². The van der Waals surface area contributed by atoms with Gasteiger partial charge in [-0.15, -0.1) is 0 Å². The first kappa shape index (κ1) is 25.8. The number of rotatable bonds is 8. The van der Waals surface area contributed by atoms with Gasteiger partial charge in [0.25, 0.3) is 0 Å². The molecule has 152 valence electrons. The molecule has 0 aliphatic rings. The van der Waals surface area contributed by atoms with Crippen LogP contribution in [0.2, 0.25) is 0 Å². The van der Waals surface area contributed by atoms with E-state index >= 15 is 0 Å². The third-order valence-corrected chi connectivity index (χ3v) is 23.1. The molecule has 0 unspecified atom stereocenters. The minimum atomic E-state index is -2.53. The zero-order valence-electron chi connectivity index (χ0n) is 16.7. The Bertz CT molecular complexity index is 996. The van der Waals surface area contributed by atoms with E-state index < -0.39 is 96.4 Å². The Hall–Kier alpha value is -1.41. The van der Waals surface area contributed by atoms with Gasteiger partial charge in [0.2, 0.25) is 0 Å². The molecule has 0 aromatic heterocycles. The maximum absolute atomic E-state index is 11.4. The summed E-state index contributed by atoms with van der Waals surface area (Å²) in [6.07, 6.45) is 0. The van der Waals surface area contributed by atoms with Gasteiger partial charge in [0.15, 0.2) is 0 Å². The summed E-state index contributed by atoms with van der Waals surface area (Å²) in [5.41, 5.74) is 12.8. The van der Waals surface area contributed by atoms with Crippen LogP contribution in [-0.4, -0.2) is 21.8 Å². The topological polar surface area (TPSA) is 191 Å². The molecule has 0 aliphatic carbocycles. The maximum atomic E-state index is 11.4. The standard InChI is InChI=1S/2C6H4N2O2.2C2H4O2.3Hg/c2*7-5-1-3-6(4-2-5)8(9)10;2*1-2(3)4;;;/h2*3-4H,7H2;2*1H3,(H,3,4);;;/q;;;;;2*+1/p-2. The van der Waals surface area contributed by atoms with Crippen molar-refractivity contribution in [3.63, 3.8) is 0 Å². The van der Waals surface area contributed by atoms with Gasteiger partial charge in [0.05, 0.1) is 0 Å². The average Bonchev–Trinajstić information content (AvgIpc) is 2.68. The molecular weight excluding hydrogens is 978 g/mol. The molecule has 0 saturated heterocycles. The molecule has 4 N–H and O–H groups in total. The number of non-ortho nitro benzene ring substituents is 2. The molecular formula is C16H14Hg3N4O8. The van der Waals surface area contributed by atoms with Crippen LogP contribution in [0.5, 0.6) is 0 Å². The molecule has 0 saturated carbocycles. The molecule has 12 nitrogen and oxygen atoms in total. The predicted octanol–water partition coefficient (Wildman–Crippen LogP) is -0.927. The quantitative estimate of drug-likeness (QED) is 0.145. The molecule has 0 heterocycles. The molecule has 0 radical (unpaired) electrons. The van der Waals surface area contributed by atoms with E-state index in [0.717, 1.165) is 0 Å². The van der Waals surface area contributed by atoms with Gasteiger partial charge >= 0.3 is 216 Å². The number of nitro benzene ring substituents is 2. The Labute approximate surface area is 213 Å². The molecule has 0 fully saturated rings. The van der Waals surface area contributed by atoms with Crippen molar-refractivity contribution in [1.29, 1.82) is 0 Å². The molecule has 0 aliphatic heterocycles. The Balaban J connectivity index is 2.55. The molecule has 0 atom stereocenters. The number of benzene rings is 2. The normalized spacial score (nSPS) is 9.61. The van der Waals surface area contributed by atoms with Crippen LogP contribution in [0, 0.1) is 20.2 Å². The summed E-state index contributed by atoms with van der Waals surface area (Å²) in [6.45, 7) is 2.52. The van der Waals surface area contributed by atoms with Crippen molar-refractivity contribution in [2.45, 2.75) is 13.8 Å². The van der Waals surface area contributed by atoms with Gasteiger partial charge in [-0.3, -0.25) is 0 Å². The van der Waals surface area contributed by atoms with Crippen molar-refractivity contribution in [2.75, 3.05) is 11.5 Å². The van der Waals surface area contributed by atoms with Crippen molar-refractivity contribution in [1.82, 2.24) is 0 Å². The number of nitrogens with zero attached hydrogens (tertiary/aromatic N) is 2. The monoisotopic (exact) mass is 996 g/mol. The second-order valence-corrected chi connectivity index (χ2v) is 24.3. The van der Waals surface area contributed by atoms with Crippen LogP contribution in [-0.2, 0) is 89.5 Å². The first-order valence-electron chi connectivity index (χ1n) is 8.87. The summed E-state index contributed by atoms with van der Waals surface area (Å²) in [4.78, 5) is 44.0. The number of carbonyl (C=O) groups is 2. The van der Waals surface area contributed by atoms with E-state index in [0.29, 0.717) is 23.7 Å². The third kappa shape index (κ3) is 7.31. The number of nitrogens with two attached hydrogens (primary N) is 2. The first-order valence-corrected chi connectivity index (χ1v) is 24.4. The van der Waals surface area contributed by atoms with Gasteiger partial charge in [-0.25, -0.2) is 0 Å². The molecule has 31 heavy (non-hydrogen) atoms. The Kier molecular flexibility index (Phi) is 9.55. The third-order valence-electron chi connectivity index (χ3n) is 4.34. The van der Waals surface area contributed by atoms with Crippen LogP contribution >= 0.6 is 0 Å². The van der Waals surface area contributed by atoms with E-state index in [1.165, 1.54) is 38.1 Å². The molecule has 2 rings (SSSR count). The first-order chi connectivity index (χ1) is 14.5. The summed E-state index contributed by atoms with van der Waals surface area (Å²) in [7, 11) is 0. The summed E-state index contributed by atoms with van der Waals surface area (Å²) in [6, 6.07) is 5.40. The van der Waals surface area contributed by atoms with Gasteiger partial charge in [-0.1, -0.05) is 0 Å². The van der Waals surface area contributed by atoms with Crippen molar-refractivity contribution in [2.24, 2.45) is 0 Å². The van der Waals surface area contributed by atoms with Crippen molar-refractivity contribution < 1.29 is 99.4 Å². The van der Waals surface area contributed by atoms with Gasteiger partial charge in [0, 0.05) is 0 Å². The fourth-order valence-corrected chi connectivity index (χ4v) is 25.7. The van der Waals surface area contributed by atoms with Gasteiger partial charge < -0.3 is 0 Å². The van der Waals surface area contributed by atoms with Crippen LogP contribution in [0.4, 0.5) is 22.7 Å². The number of nitrogen functional groups attached to an aromatic ring is 2. The Morgan fingerprint density at radius 1 is 0.774 bits per heavy atom.